The van der Waals surface area contributed by atoms with Crippen molar-refractivity contribution < 1.29 is 0 Å². The van der Waals surface area contributed by atoms with Crippen LogP contribution in [-0.4, -0.2) is 21.0 Å². The van der Waals surface area contributed by atoms with Crippen LogP contribution in [0.25, 0.3) is 10.9 Å². The van der Waals surface area contributed by atoms with Gasteiger partial charge in [0.25, 0.3) is 5.56 Å². The van der Waals surface area contributed by atoms with E-state index in [1.165, 1.54) is 17.7 Å². The number of anilines is 2. The zero-order chi connectivity index (χ0) is 15.8. The van der Waals surface area contributed by atoms with Crippen LogP contribution >= 0.6 is 11.8 Å². The minimum Gasteiger partial charge on any atom is -0.338 e. The van der Waals surface area contributed by atoms with Crippen LogP contribution in [0.3, 0.4) is 0 Å². The van der Waals surface area contributed by atoms with Crippen molar-refractivity contribution in [3.05, 3.63) is 46.9 Å². The van der Waals surface area contributed by atoms with Gasteiger partial charge >= 0.3 is 0 Å². The third kappa shape index (κ3) is 2.86. The predicted octanol–water partition coefficient (Wildman–Crippen LogP) is 3.60. The van der Waals surface area contributed by atoms with Crippen LogP contribution in [0.4, 0.5) is 11.5 Å². The van der Waals surface area contributed by atoms with Crippen LogP contribution in [0.2, 0.25) is 0 Å². The third-order valence-corrected chi connectivity index (χ3v) is 4.90. The number of fused-ring (bicyclic) bond motifs is 1. The van der Waals surface area contributed by atoms with E-state index in [1.807, 2.05) is 22.9 Å². The first-order valence-corrected chi connectivity index (χ1v) is 8.96. The minimum absolute atomic E-state index is 0.104. The summed E-state index contributed by atoms with van der Waals surface area (Å²) in [4.78, 5) is 16.2. The van der Waals surface area contributed by atoms with Crippen molar-refractivity contribution in [2.75, 3.05) is 11.6 Å². The van der Waals surface area contributed by atoms with Crippen LogP contribution in [-0.2, 0) is 6.54 Å². The topological polar surface area (TPSA) is 62.7 Å². The van der Waals surface area contributed by atoms with Gasteiger partial charge in [0.1, 0.15) is 5.39 Å². The lowest BCUT2D eigenvalue weighted by atomic mass is 10.3. The van der Waals surface area contributed by atoms with Crippen LogP contribution in [0.15, 0.2) is 46.2 Å². The number of aromatic nitrogens is 3. The molecule has 0 bridgehead atoms. The second kappa shape index (κ2) is 5.77. The summed E-state index contributed by atoms with van der Waals surface area (Å²) in [6, 6.07) is 10.1. The molecule has 1 aliphatic carbocycles. The molecule has 1 fully saturated rings. The summed E-state index contributed by atoms with van der Waals surface area (Å²) in [6.07, 6.45) is 6.24. The van der Waals surface area contributed by atoms with E-state index in [-0.39, 0.29) is 5.56 Å². The Balaban J connectivity index is 1.74. The summed E-state index contributed by atoms with van der Waals surface area (Å²) >= 11 is 1.70. The molecule has 2 heterocycles. The summed E-state index contributed by atoms with van der Waals surface area (Å²) in [5.41, 5.74) is 1.72. The highest BCUT2D eigenvalue weighted by atomic mass is 32.2. The SMILES string of the molecule is CSc1ccc(Nc2nn(CC3CC3)c3cc[nH]c(=O)c23)cc1. The molecule has 3 aromatic rings. The molecule has 2 N–H and O–H groups in total. The smallest absolute Gasteiger partial charge is 0.261 e. The summed E-state index contributed by atoms with van der Waals surface area (Å²) in [5.74, 6) is 1.32. The van der Waals surface area contributed by atoms with E-state index in [1.54, 1.807) is 18.0 Å². The molecule has 1 aromatic carbocycles. The van der Waals surface area contributed by atoms with Gasteiger partial charge in [-0.15, -0.1) is 11.8 Å². The van der Waals surface area contributed by atoms with Crippen LogP contribution < -0.4 is 10.9 Å². The molecular weight excluding hydrogens is 308 g/mol. The molecule has 0 aliphatic heterocycles. The van der Waals surface area contributed by atoms with E-state index in [0.29, 0.717) is 17.1 Å². The molecule has 1 aliphatic rings. The number of aromatic amines is 1. The largest absolute Gasteiger partial charge is 0.338 e. The molecule has 0 unspecified atom stereocenters. The van der Waals surface area contributed by atoms with Gasteiger partial charge in [0.15, 0.2) is 5.82 Å². The van der Waals surface area contributed by atoms with Crippen molar-refractivity contribution in [1.29, 1.82) is 0 Å². The highest BCUT2D eigenvalue weighted by Crippen LogP contribution is 2.32. The van der Waals surface area contributed by atoms with Gasteiger partial charge in [-0.05, 0) is 55.3 Å². The number of nitrogens with zero attached hydrogens (tertiary/aromatic N) is 2. The number of pyridine rings is 1. The van der Waals surface area contributed by atoms with Gasteiger partial charge in [0.05, 0.1) is 5.52 Å². The molecule has 118 valence electrons. The first kappa shape index (κ1) is 14.4. The van der Waals surface area contributed by atoms with Gasteiger partial charge in [-0.2, -0.15) is 5.10 Å². The zero-order valence-electron chi connectivity index (χ0n) is 12.9. The quantitative estimate of drug-likeness (QED) is 0.703. The Kier molecular flexibility index (Phi) is 3.61. The number of thioether (sulfide) groups is 1. The van der Waals surface area contributed by atoms with Gasteiger partial charge < -0.3 is 10.3 Å². The van der Waals surface area contributed by atoms with E-state index < -0.39 is 0 Å². The summed E-state index contributed by atoms with van der Waals surface area (Å²) in [6.45, 7) is 0.882. The monoisotopic (exact) mass is 326 g/mol. The van der Waals surface area contributed by atoms with E-state index in [9.17, 15) is 4.79 Å². The first-order valence-electron chi connectivity index (χ1n) is 7.74. The Morgan fingerprint density at radius 3 is 2.78 bits per heavy atom. The lowest BCUT2D eigenvalue weighted by Gasteiger charge is -2.04. The fraction of sp³-hybridized carbons (Fsp3) is 0.294. The van der Waals surface area contributed by atoms with E-state index in [2.05, 4.69) is 33.8 Å². The summed E-state index contributed by atoms with van der Waals surface area (Å²) < 4.78 is 1.96. The number of H-pyrrole nitrogens is 1. The van der Waals surface area contributed by atoms with Crippen molar-refractivity contribution >= 4 is 34.2 Å². The average molecular weight is 326 g/mol. The second-order valence-electron chi connectivity index (χ2n) is 5.89. The van der Waals surface area contributed by atoms with E-state index in [4.69, 9.17) is 0 Å². The Morgan fingerprint density at radius 1 is 1.30 bits per heavy atom. The Labute approximate surface area is 138 Å². The molecule has 2 aromatic heterocycles. The number of rotatable bonds is 5. The Bertz CT molecular complexity index is 893. The molecule has 0 amide bonds. The van der Waals surface area contributed by atoms with Gasteiger partial charge in [-0.25, -0.2) is 0 Å². The molecule has 0 atom stereocenters. The highest BCUT2D eigenvalue weighted by Gasteiger charge is 2.24. The van der Waals surface area contributed by atoms with Crippen LogP contribution in [0, 0.1) is 5.92 Å². The summed E-state index contributed by atoms with van der Waals surface area (Å²) in [7, 11) is 0. The van der Waals surface area contributed by atoms with Crippen molar-refractivity contribution in [1.82, 2.24) is 14.8 Å². The molecule has 0 saturated heterocycles. The number of hydrogen-bond donors (Lipinski definition) is 2. The minimum atomic E-state index is -0.104. The molecule has 0 spiro atoms. The standard InChI is InChI=1S/C17H18N4OS/c1-23-13-6-4-12(5-7-13)19-16-15-14(8-9-18-17(15)22)21(20-16)10-11-2-3-11/h4-9,11H,2-3,10H2,1H3,(H,18,22)(H,19,20). The second-order valence-corrected chi connectivity index (χ2v) is 6.77. The molecule has 0 radical (unpaired) electrons. The maximum absolute atomic E-state index is 12.3. The molecule has 23 heavy (non-hydrogen) atoms. The van der Waals surface area contributed by atoms with Gasteiger partial charge in [0.2, 0.25) is 0 Å². The van der Waals surface area contributed by atoms with Gasteiger partial charge in [-0.3, -0.25) is 9.48 Å². The Hall–Kier alpha value is -2.21. The number of benzene rings is 1. The maximum atomic E-state index is 12.3. The van der Waals surface area contributed by atoms with E-state index in [0.717, 1.165) is 17.7 Å². The van der Waals surface area contributed by atoms with Crippen molar-refractivity contribution in [2.45, 2.75) is 24.3 Å². The lowest BCUT2D eigenvalue weighted by molar-refractivity contribution is 0.582. The molecular formula is C17H18N4OS. The Morgan fingerprint density at radius 2 is 2.09 bits per heavy atom. The van der Waals surface area contributed by atoms with Gasteiger partial charge in [0, 0.05) is 23.3 Å². The van der Waals surface area contributed by atoms with E-state index >= 15 is 0 Å². The molecule has 5 nitrogen and oxygen atoms in total. The fourth-order valence-electron chi connectivity index (χ4n) is 2.72. The summed E-state index contributed by atoms with van der Waals surface area (Å²) in [5, 5.41) is 8.57. The van der Waals surface area contributed by atoms with Crippen molar-refractivity contribution in [3.8, 4) is 0 Å². The first-order chi connectivity index (χ1) is 11.2. The van der Waals surface area contributed by atoms with Crippen molar-refractivity contribution in [3.63, 3.8) is 0 Å². The number of hydrogen-bond acceptors (Lipinski definition) is 4. The van der Waals surface area contributed by atoms with Gasteiger partial charge in [-0.1, -0.05) is 0 Å². The van der Waals surface area contributed by atoms with Crippen LogP contribution in [0.5, 0.6) is 0 Å². The van der Waals surface area contributed by atoms with Crippen molar-refractivity contribution in [2.24, 2.45) is 5.92 Å². The fourth-order valence-corrected chi connectivity index (χ4v) is 3.13. The molecule has 6 heteroatoms. The zero-order valence-corrected chi connectivity index (χ0v) is 13.7. The lowest BCUT2D eigenvalue weighted by Crippen LogP contribution is -2.06. The maximum Gasteiger partial charge on any atom is 0.261 e. The van der Waals surface area contributed by atoms with Crippen LogP contribution in [0.1, 0.15) is 12.8 Å². The predicted molar refractivity (Wildman–Crippen MR) is 94.6 cm³/mol. The number of nitrogens with one attached hydrogen (secondary N) is 2. The average Bonchev–Trinajstić information content (AvgIpc) is 3.31. The normalized spacial score (nSPS) is 14.3. The highest BCUT2D eigenvalue weighted by molar-refractivity contribution is 7.98. The third-order valence-electron chi connectivity index (χ3n) is 4.16. The molecule has 1 saturated carbocycles. The molecule has 4 rings (SSSR count).